The van der Waals surface area contributed by atoms with Crippen molar-refractivity contribution in [2.75, 3.05) is 0 Å². The average molecular weight is 513 g/mol. The molecule has 8 nitrogen and oxygen atoms in total. The van der Waals surface area contributed by atoms with Crippen LogP contribution in [0.2, 0.25) is 0 Å². The summed E-state index contributed by atoms with van der Waals surface area (Å²) in [4.78, 5) is 40.9. The molecule has 0 amide bonds. The molecule has 0 saturated heterocycles. The Bertz CT molecular complexity index is 1050. The van der Waals surface area contributed by atoms with Crippen molar-refractivity contribution < 1.29 is 28.6 Å². The summed E-state index contributed by atoms with van der Waals surface area (Å²) in [5.74, 6) is -0.199. The van der Waals surface area contributed by atoms with Gasteiger partial charge >= 0.3 is 17.9 Å². The minimum atomic E-state index is -0.709. The molecular weight excluding hydrogens is 472 g/mol. The Kier molecular flexibility index (Phi) is 9.89. The number of aromatic nitrogens is 2. The van der Waals surface area contributed by atoms with Crippen LogP contribution in [0, 0.1) is 23.7 Å². The number of imidazole rings is 1. The third-order valence-electron chi connectivity index (χ3n) is 7.35. The number of nitrogens with zero attached hydrogens (tertiary/aromatic N) is 2. The van der Waals surface area contributed by atoms with Crippen molar-refractivity contribution in [2.24, 2.45) is 30.7 Å². The zero-order chi connectivity index (χ0) is 27.1. The maximum atomic E-state index is 12.7. The van der Waals surface area contributed by atoms with Gasteiger partial charge < -0.3 is 18.8 Å². The van der Waals surface area contributed by atoms with Gasteiger partial charge in [0.1, 0.15) is 12.2 Å². The fourth-order valence-electron chi connectivity index (χ4n) is 5.63. The van der Waals surface area contributed by atoms with E-state index in [1.165, 1.54) is 25.5 Å². The third-order valence-corrected chi connectivity index (χ3v) is 7.35. The van der Waals surface area contributed by atoms with Gasteiger partial charge in [0, 0.05) is 39.6 Å². The molecule has 1 aromatic heterocycles. The number of carbonyl (C=O) groups is 3. The van der Waals surface area contributed by atoms with Gasteiger partial charge in [-0.25, -0.2) is 9.78 Å². The lowest BCUT2D eigenvalue weighted by atomic mass is 9.64. The molecule has 3 rings (SSSR count). The molecule has 1 heterocycles. The molecule has 6 atom stereocenters. The lowest BCUT2D eigenvalue weighted by Crippen LogP contribution is -2.41. The first kappa shape index (κ1) is 28.4. The van der Waals surface area contributed by atoms with Crippen LogP contribution < -0.4 is 0 Å². The second-order valence-electron chi connectivity index (χ2n) is 10.6. The third kappa shape index (κ3) is 8.17. The van der Waals surface area contributed by atoms with Crippen LogP contribution in [0.4, 0.5) is 0 Å². The number of hydrogen-bond donors (Lipinski definition) is 0. The number of allylic oxidation sites excluding steroid dienone is 2. The number of carbonyl (C=O) groups excluding carboxylic acids is 3. The van der Waals surface area contributed by atoms with Gasteiger partial charge in [-0.3, -0.25) is 9.59 Å². The maximum Gasteiger partial charge on any atom is 0.331 e. The molecule has 2 aliphatic rings. The van der Waals surface area contributed by atoms with Gasteiger partial charge in [-0.1, -0.05) is 31.6 Å². The van der Waals surface area contributed by atoms with E-state index in [4.69, 9.17) is 14.2 Å². The summed E-state index contributed by atoms with van der Waals surface area (Å²) in [5, 5.41) is 0. The number of esters is 3. The highest BCUT2D eigenvalue weighted by atomic mass is 16.6. The van der Waals surface area contributed by atoms with Crippen molar-refractivity contribution in [3.8, 4) is 0 Å². The first-order chi connectivity index (χ1) is 17.5. The summed E-state index contributed by atoms with van der Waals surface area (Å²) in [5.41, 5.74) is 1.93. The molecule has 0 aliphatic heterocycles. The molecule has 0 spiro atoms. The van der Waals surface area contributed by atoms with E-state index < -0.39 is 30.1 Å². The summed E-state index contributed by atoms with van der Waals surface area (Å²) in [7, 11) is 1.87. The summed E-state index contributed by atoms with van der Waals surface area (Å²) in [6.07, 6.45) is 13.4. The van der Waals surface area contributed by atoms with E-state index in [0.29, 0.717) is 36.8 Å². The predicted octanol–water partition coefficient (Wildman–Crippen LogP) is 4.80. The van der Waals surface area contributed by atoms with Crippen molar-refractivity contribution in [2.45, 2.75) is 78.6 Å². The van der Waals surface area contributed by atoms with Crippen molar-refractivity contribution in [3.63, 3.8) is 0 Å². The first-order valence-corrected chi connectivity index (χ1v) is 13.1. The van der Waals surface area contributed by atoms with Crippen LogP contribution in [0.1, 0.15) is 66.0 Å². The summed E-state index contributed by atoms with van der Waals surface area (Å²) in [6.45, 7) is 9.27. The van der Waals surface area contributed by atoms with E-state index in [9.17, 15) is 14.4 Å². The van der Waals surface area contributed by atoms with Gasteiger partial charge in [0.15, 0.2) is 6.10 Å². The van der Waals surface area contributed by atoms with E-state index in [0.717, 1.165) is 6.42 Å². The monoisotopic (exact) mass is 512 g/mol. The molecule has 0 N–H and O–H groups in total. The average Bonchev–Trinajstić information content (AvgIpc) is 3.22. The highest BCUT2D eigenvalue weighted by Gasteiger charge is 2.41. The number of hydrogen-bond acceptors (Lipinski definition) is 7. The lowest BCUT2D eigenvalue weighted by Gasteiger charge is -2.43. The number of ether oxygens (including phenoxy) is 3. The van der Waals surface area contributed by atoms with Gasteiger partial charge in [-0.15, -0.1) is 0 Å². The Morgan fingerprint density at radius 3 is 2.43 bits per heavy atom. The van der Waals surface area contributed by atoms with Gasteiger partial charge in [-0.2, -0.15) is 0 Å². The van der Waals surface area contributed by atoms with Crippen LogP contribution in [0.15, 0.2) is 42.4 Å². The molecule has 8 heteroatoms. The molecule has 0 saturated carbocycles. The molecule has 6 unspecified atom stereocenters. The van der Waals surface area contributed by atoms with Crippen LogP contribution in [-0.4, -0.2) is 45.8 Å². The minimum Gasteiger partial charge on any atom is -0.459 e. The zero-order valence-corrected chi connectivity index (χ0v) is 22.8. The fraction of sp³-hybridized carbons (Fsp3) is 0.586. The van der Waals surface area contributed by atoms with Crippen LogP contribution >= 0.6 is 0 Å². The number of fused-ring (bicyclic) bond motifs is 1. The van der Waals surface area contributed by atoms with Gasteiger partial charge in [-0.05, 0) is 62.0 Å². The topological polar surface area (TPSA) is 96.7 Å². The van der Waals surface area contributed by atoms with Crippen LogP contribution in [0.5, 0.6) is 0 Å². The number of aryl methyl sites for hydroxylation is 1. The van der Waals surface area contributed by atoms with Crippen molar-refractivity contribution in [3.05, 3.63) is 48.1 Å². The van der Waals surface area contributed by atoms with Crippen molar-refractivity contribution in [1.82, 2.24) is 9.55 Å². The molecule has 0 radical (unpaired) electrons. The Labute approximate surface area is 219 Å². The van der Waals surface area contributed by atoms with Gasteiger partial charge in [0.2, 0.25) is 0 Å². The van der Waals surface area contributed by atoms with Crippen molar-refractivity contribution in [1.29, 1.82) is 0 Å². The molecule has 1 aromatic rings. The Hall–Kier alpha value is -3.16. The summed E-state index contributed by atoms with van der Waals surface area (Å²) < 4.78 is 19.1. The second-order valence-corrected chi connectivity index (χ2v) is 10.6. The molecular formula is C29H40N2O6. The Balaban J connectivity index is 1.91. The molecule has 0 fully saturated rings. The molecule has 0 aromatic carbocycles. The lowest BCUT2D eigenvalue weighted by molar-refractivity contribution is -0.164. The van der Waals surface area contributed by atoms with Crippen LogP contribution in [0.3, 0.4) is 0 Å². The molecule has 37 heavy (non-hydrogen) atoms. The van der Waals surface area contributed by atoms with E-state index in [1.807, 2.05) is 23.9 Å². The van der Waals surface area contributed by atoms with E-state index in [-0.39, 0.29) is 17.9 Å². The van der Waals surface area contributed by atoms with Crippen molar-refractivity contribution >= 4 is 24.0 Å². The normalized spacial score (nSPS) is 29.2. The number of rotatable bonds is 6. The maximum absolute atomic E-state index is 12.7. The van der Waals surface area contributed by atoms with Crippen LogP contribution in [0.25, 0.3) is 6.08 Å². The summed E-state index contributed by atoms with van der Waals surface area (Å²) in [6, 6.07) is 0. The highest BCUT2D eigenvalue weighted by molar-refractivity contribution is 5.86. The second kappa shape index (κ2) is 12.9. The van der Waals surface area contributed by atoms with Gasteiger partial charge in [0.25, 0.3) is 0 Å². The Morgan fingerprint density at radius 2 is 1.81 bits per heavy atom. The first-order valence-electron chi connectivity index (χ1n) is 13.1. The Morgan fingerprint density at radius 1 is 1.08 bits per heavy atom. The smallest absolute Gasteiger partial charge is 0.331 e. The largest absolute Gasteiger partial charge is 0.459 e. The minimum absolute atomic E-state index is 0.140. The predicted molar refractivity (Wildman–Crippen MR) is 140 cm³/mol. The van der Waals surface area contributed by atoms with E-state index in [1.54, 1.807) is 18.5 Å². The highest BCUT2D eigenvalue weighted by Crippen LogP contribution is 2.45. The molecule has 2 aliphatic carbocycles. The molecule has 0 bridgehead atoms. The van der Waals surface area contributed by atoms with E-state index in [2.05, 4.69) is 31.8 Å². The van der Waals surface area contributed by atoms with Crippen LogP contribution in [-0.2, 0) is 35.6 Å². The SMILES string of the molecule is CC(=O)OC1/C=C\CC(OC(=O)/C=C/c2cn(C)cn2)CC2C(C)=CCC(C(C)C)C2CC1OC(C)=O. The fourth-order valence-corrected chi connectivity index (χ4v) is 5.63. The molecule has 202 valence electrons. The summed E-state index contributed by atoms with van der Waals surface area (Å²) >= 11 is 0. The standard InChI is InChI=1S/C29H40N2O6/c1-18(2)24-12-10-19(3)25-14-23(37-29(34)13-11-22-16-31(6)17-30-22)8-7-9-27(35-20(4)32)28(15-26(24)25)36-21(5)33/h7,9-11,13,16-18,23-28H,8,12,14-15H2,1-6H3/b9-7-,13-11+. The van der Waals surface area contributed by atoms with Gasteiger partial charge in [0.05, 0.1) is 12.0 Å². The zero-order valence-electron chi connectivity index (χ0n) is 22.8. The van der Waals surface area contributed by atoms with E-state index >= 15 is 0 Å². The quantitative estimate of drug-likeness (QED) is 0.234.